The van der Waals surface area contributed by atoms with Crippen LogP contribution in [0.1, 0.15) is 18.4 Å². The Labute approximate surface area is 158 Å². The van der Waals surface area contributed by atoms with E-state index < -0.39 is 0 Å². The molecule has 2 aliphatic heterocycles. The van der Waals surface area contributed by atoms with Crippen LogP contribution in [-0.4, -0.2) is 43.1 Å². The second-order valence-electron chi connectivity index (χ2n) is 6.80. The van der Waals surface area contributed by atoms with Crippen LogP contribution in [0.2, 0.25) is 0 Å². The van der Waals surface area contributed by atoms with Crippen LogP contribution in [0.15, 0.2) is 42.6 Å². The first-order valence-electron chi connectivity index (χ1n) is 9.35. The first-order chi connectivity index (χ1) is 13.2. The number of carbonyl (C=O) groups excluding carboxylic acids is 2. The summed E-state index contributed by atoms with van der Waals surface area (Å²) in [5.74, 6) is 0.885. The van der Waals surface area contributed by atoms with Crippen molar-refractivity contribution in [3.8, 4) is 0 Å². The van der Waals surface area contributed by atoms with Crippen LogP contribution in [0.4, 0.5) is 22.0 Å². The van der Waals surface area contributed by atoms with Gasteiger partial charge in [-0.15, -0.1) is 0 Å². The fourth-order valence-corrected chi connectivity index (χ4v) is 3.68. The molecule has 7 nitrogen and oxygen atoms in total. The van der Waals surface area contributed by atoms with Gasteiger partial charge in [-0.25, -0.2) is 9.78 Å². The summed E-state index contributed by atoms with van der Waals surface area (Å²) in [6.45, 7) is 2.76. The van der Waals surface area contributed by atoms with Crippen LogP contribution >= 0.6 is 0 Å². The Morgan fingerprint density at radius 2 is 1.93 bits per heavy atom. The zero-order chi connectivity index (χ0) is 18.6. The average molecular weight is 365 g/mol. The number of nitrogens with one attached hydrogen (secondary N) is 2. The second-order valence-corrected chi connectivity index (χ2v) is 6.80. The second kappa shape index (κ2) is 7.65. The first kappa shape index (κ1) is 17.3. The molecule has 0 radical (unpaired) electrons. The third-order valence-electron chi connectivity index (χ3n) is 4.99. The fourth-order valence-electron chi connectivity index (χ4n) is 3.68. The fraction of sp³-hybridized carbons (Fsp3) is 0.350. The molecule has 0 spiro atoms. The maximum atomic E-state index is 12.3. The third-order valence-corrected chi connectivity index (χ3v) is 4.99. The molecule has 0 unspecified atom stereocenters. The van der Waals surface area contributed by atoms with Gasteiger partial charge in [0.2, 0.25) is 5.91 Å². The molecule has 1 aromatic heterocycles. The molecule has 2 aliphatic rings. The quantitative estimate of drug-likeness (QED) is 0.853. The first-order valence-corrected chi connectivity index (χ1v) is 9.35. The normalized spacial score (nSPS) is 15.8. The lowest BCUT2D eigenvalue weighted by atomic mass is 10.2. The standard InChI is InChI=1S/C20H23N5O2/c26-18-14-15-6-1-2-8-17(15)25(18)13-10-22-20(27)23-16-7-5-9-21-19(16)24-11-3-4-12-24/h1-2,5-9H,3-4,10-14H2,(H2,22,23,27). The maximum Gasteiger partial charge on any atom is 0.319 e. The van der Waals surface area contributed by atoms with E-state index in [2.05, 4.69) is 20.5 Å². The lowest BCUT2D eigenvalue weighted by Gasteiger charge is -2.20. The van der Waals surface area contributed by atoms with E-state index in [0.717, 1.165) is 43.0 Å². The number of pyridine rings is 1. The van der Waals surface area contributed by atoms with Gasteiger partial charge in [0.15, 0.2) is 5.82 Å². The average Bonchev–Trinajstić information content (AvgIpc) is 3.31. The van der Waals surface area contributed by atoms with E-state index >= 15 is 0 Å². The molecule has 2 N–H and O–H groups in total. The van der Waals surface area contributed by atoms with Crippen LogP contribution in [-0.2, 0) is 11.2 Å². The number of amides is 3. The molecule has 3 amide bonds. The minimum Gasteiger partial charge on any atom is -0.355 e. The molecule has 0 saturated carbocycles. The topological polar surface area (TPSA) is 77.6 Å². The molecular formula is C20H23N5O2. The SMILES string of the molecule is O=C(NCCN1C(=O)Cc2ccccc21)Nc1cccnc1N1CCCC1. The van der Waals surface area contributed by atoms with Crippen molar-refractivity contribution >= 4 is 29.1 Å². The molecule has 0 atom stereocenters. The molecule has 1 saturated heterocycles. The van der Waals surface area contributed by atoms with Gasteiger partial charge in [-0.2, -0.15) is 0 Å². The number of carbonyl (C=O) groups is 2. The predicted octanol–water partition coefficient (Wildman–Crippen LogP) is 2.39. The van der Waals surface area contributed by atoms with Gasteiger partial charge in [0.25, 0.3) is 0 Å². The summed E-state index contributed by atoms with van der Waals surface area (Å²) < 4.78 is 0. The van der Waals surface area contributed by atoms with Crippen molar-refractivity contribution in [3.05, 3.63) is 48.2 Å². The number of para-hydroxylation sites is 1. The minimum atomic E-state index is -0.289. The number of benzene rings is 1. The van der Waals surface area contributed by atoms with E-state index in [9.17, 15) is 9.59 Å². The third kappa shape index (κ3) is 3.72. The van der Waals surface area contributed by atoms with E-state index in [1.807, 2.05) is 36.4 Å². The van der Waals surface area contributed by atoms with E-state index in [4.69, 9.17) is 0 Å². The Morgan fingerprint density at radius 1 is 1.11 bits per heavy atom. The summed E-state index contributed by atoms with van der Waals surface area (Å²) in [5.41, 5.74) is 2.69. The van der Waals surface area contributed by atoms with Crippen LogP contribution in [0, 0.1) is 0 Å². The highest BCUT2D eigenvalue weighted by atomic mass is 16.2. The Kier molecular flexibility index (Phi) is 4.91. The molecule has 7 heteroatoms. The van der Waals surface area contributed by atoms with Crippen LogP contribution in [0.3, 0.4) is 0 Å². The van der Waals surface area contributed by atoms with Crippen molar-refractivity contribution < 1.29 is 9.59 Å². The Morgan fingerprint density at radius 3 is 2.78 bits per heavy atom. The van der Waals surface area contributed by atoms with Gasteiger partial charge in [-0.3, -0.25) is 4.79 Å². The van der Waals surface area contributed by atoms with Crippen molar-refractivity contribution in [1.29, 1.82) is 0 Å². The summed E-state index contributed by atoms with van der Waals surface area (Å²) in [5, 5.41) is 5.72. The number of urea groups is 1. The number of hydrogen-bond donors (Lipinski definition) is 2. The van der Waals surface area contributed by atoms with Gasteiger partial charge in [-0.05, 0) is 36.6 Å². The van der Waals surface area contributed by atoms with Crippen molar-refractivity contribution in [2.24, 2.45) is 0 Å². The van der Waals surface area contributed by atoms with E-state index in [0.29, 0.717) is 25.2 Å². The number of nitrogens with zero attached hydrogens (tertiary/aromatic N) is 3. The summed E-state index contributed by atoms with van der Waals surface area (Å²) in [6, 6.07) is 11.2. The van der Waals surface area contributed by atoms with Crippen molar-refractivity contribution in [2.75, 3.05) is 41.3 Å². The lowest BCUT2D eigenvalue weighted by molar-refractivity contribution is -0.117. The molecule has 0 bridgehead atoms. The van der Waals surface area contributed by atoms with Gasteiger partial charge in [0.05, 0.1) is 12.1 Å². The molecule has 0 aliphatic carbocycles. The molecule has 4 rings (SSSR count). The number of anilines is 3. The highest BCUT2D eigenvalue weighted by molar-refractivity contribution is 6.01. The largest absolute Gasteiger partial charge is 0.355 e. The van der Waals surface area contributed by atoms with Crippen LogP contribution in [0.25, 0.3) is 0 Å². The minimum absolute atomic E-state index is 0.0713. The van der Waals surface area contributed by atoms with Crippen LogP contribution < -0.4 is 20.4 Å². The Bertz CT molecular complexity index is 848. The summed E-state index contributed by atoms with van der Waals surface area (Å²) in [7, 11) is 0. The molecule has 1 fully saturated rings. The lowest BCUT2D eigenvalue weighted by Crippen LogP contribution is -2.38. The number of hydrogen-bond acceptors (Lipinski definition) is 4. The van der Waals surface area contributed by atoms with Crippen molar-refractivity contribution in [1.82, 2.24) is 10.3 Å². The number of aromatic nitrogens is 1. The zero-order valence-electron chi connectivity index (χ0n) is 15.1. The van der Waals surface area contributed by atoms with E-state index in [-0.39, 0.29) is 11.9 Å². The monoisotopic (exact) mass is 365 g/mol. The summed E-state index contributed by atoms with van der Waals surface area (Å²) in [6.07, 6.45) is 4.46. The summed E-state index contributed by atoms with van der Waals surface area (Å²) >= 11 is 0. The highest BCUT2D eigenvalue weighted by Gasteiger charge is 2.26. The van der Waals surface area contributed by atoms with Gasteiger partial charge in [0.1, 0.15) is 0 Å². The molecule has 3 heterocycles. The van der Waals surface area contributed by atoms with Gasteiger partial charge in [0, 0.05) is 38.1 Å². The van der Waals surface area contributed by atoms with E-state index in [1.165, 1.54) is 0 Å². The summed E-state index contributed by atoms with van der Waals surface area (Å²) in [4.78, 5) is 32.8. The number of fused-ring (bicyclic) bond motifs is 1. The van der Waals surface area contributed by atoms with Crippen molar-refractivity contribution in [3.63, 3.8) is 0 Å². The van der Waals surface area contributed by atoms with Gasteiger partial charge in [-0.1, -0.05) is 18.2 Å². The molecule has 1 aromatic carbocycles. The molecular weight excluding hydrogens is 342 g/mol. The number of rotatable bonds is 5. The van der Waals surface area contributed by atoms with Gasteiger partial charge < -0.3 is 20.4 Å². The Balaban J connectivity index is 1.33. The molecule has 2 aromatic rings. The van der Waals surface area contributed by atoms with Crippen LogP contribution in [0.5, 0.6) is 0 Å². The van der Waals surface area contributed by atoms with Gasteiger partial charge >= 0.3 is 6.03 Å². The zero-order valence-corrected chi connectivity index (χ0v) is 15.1. The predicted molar refractivity (Wildman–Crippen MR) is 105 cm³/mol. The smallest absolute Gasteiger partial charge is 0.319 e. The maximum absolute atomic E-state index is 12.3. The highest BCUT2D eigenvalue weighted by Crippen LogP contribution is 2.28. The molecule has 140 valence electrons. The Hall–Kier alpha value is -3.09. The van der Waals surface area contributed by atoms with Crippen molar-refractivity contribution in [2.45, 2.75) is 19.3 Å². The van der Waals surface area contributed by atoms with E-state index in [1.54, 1.807) is 11.1 Å². The molecule has 27 heavy (non-hydrogen) atoms.